The van der Waals surface area contributed by atoms with Crippen LogP contribution in [0, 0.1) is 17.2 Å². The third-order valence-corrected chi connectivity index (χ3v) is 3.56. The van der Waals surface area contributed by atoms with Gasteiger partial charge < -0.3 is 0 Å². The Hall–Kier alpha value is -1.14. The summed E-state index contributed by atoms with van der Waals surface area (Å²) < 4.78 is 0. The number of hydrogen-bond donors (Lipinski definition) is 0. The molecule has 3 heteroatoms. The molecule has 1 unspecified atom stereocenters. The Kier molecular flexibility index (Phi) is 3.40. The first-order chi connectivity index (χ1) is 7.70. The summed E-state index contributed by atoms with van der Waals surface area (Å²) in [5.74, 6) is 0.618. The quantitative estimate of drug-likeness (QED) is 0.794. The van der Waals surface area contributed by atoms with Crippen molar-refractivity contribution in [3.05, 3.63) is 35.4 Å². The molecule has 1 aromatic rings. The van der Waals surface area contributed by atoms with Crippen LogP contribution in [0.4, 0.5) is 0 Å². The predicted molar refractivity (Wildman–Crippen MR) is 65.3 cm³/mol. The molecule has 0 bridgehead atoms. The number of carbonyl (C=O) groups is 1. The third kappa shape index (κ3) is 2.70. The number of Topliss-reactive ketones (excluding diaryl/α,β-unsaturated/α-hetero) is 1. The number of benzene rings is 1. The molecule has 0 spiro atoms. The lowest BCUT2D eigenvalue weighted by Gasteiger charge is -2.07. The fourth-order valence-electron chi connectivity index (χ4n) is 1.65. The highest BCUT2D eigenvalue weighted by Gasteiger charge is 2.33. The van der Waals surface area contributed by atoms with E-state index in [0.29, 0.717) is 23.7 Å². The first-order valence-electron chi connectivity index (χ1n) is 5.37. The van der Waals surface area contributed by atoms with Gasteiger partial charge in [-0.3, -0.25) is 4.79 Å². The Morgan fingerprint density at radius 2 is 2.06 bits per heavy atom. The van der Waals surface area contributed by atoms with Gasteiger partial charge in [-0.25, -0.2) is 0 Å². The van der Waals surface area contributed by atoms with E-state index in [9.17, 15) is 4.79 Å². The van der Waals surface area contributed by atoms with Gasteiger partial charge in [0.05, 0.1) is 16.5 Å². The fourth-order valence-corrected chi connectivity index (χ4v) is 2.39. The zero-order valence-electron chi connectivity index (χ0n) is 8.82. The topological polar surface area (TPSA) is 40.9 Å². The van der Waals surface area contributed by atoms with Crippen molar-refractivity contribution in [2.45, 2.75) is 24.1 Å². The van der Waals surface area contributed by atoms with Crippen molar-refractivity contribution in [1.29, 1.82) is 5.26 Å². The average Bonchev–Trinajstić information content (AvgIpc) is 3.13. The summed E-state index contributed by atoms with van der Waals surface area (Å²) in [4.78, 5) is 11.7. The van der Waals surface area contributed by atoms with Crippen LogP contribution in [0.5, 0.6) is 0 Å². The Morgan fingerprint density at radius 3 is 2.56 bits per heavy atom. The lowest BCUT2D eigenvalue weighted by atomic mass is 10.0. The Bertz CT molecular complexity index is 428. The van der Waals surface area contributed by atoms with Crippen LogP contribution in [0.25, 0.3) is 0 Å². The number of rotatable bonds is 4. The molecule has 0 saturated heterocycles. The van der Waals surface area contributed by atoms with E-state index in [0.717, 1.165) is 18.4 Å². The highest BCUT2D eigenvalue weighted by atomic mass is 79.9. The molecule has 2 nitrogen and oxygen atoms in total. The van der Waals surface area contributed by atoms with Crippen molar-refractivity contribution < 1.29 is 4.79 Å². The second-order valence-corrected chi connectivity index (χ2v) is 5.26. The minimum atomic E-state index is -0.0760. The van der Waals surface area contributed by atoms with Gasteiger partial charge in [-0.15, -0.1) is 0 Å². The predicted octanol–water partition coefficient (Wildman–Crippen LogP) is 2.84. The smallest absolute Gasteiger partial charge is 0.149 e. The van der Waals surface area contributed by atoms with E-state index in [1.165, 1.54) is 0 Å². The maximum atomic E-state index is 11.7. The maximum absolute atomic E-state index is 11.7. The lowest BCUT2D eigenvalue weighted by Crippen LogP contribution is -2.18. The van der Waals surface area contributed by atoms with Crippen LogP contribution in [0.2, 0.25) is 0 Å². The molecule has 2 rings (SSSR count). The zero-order valence-corrected chi connectivity index (χ0v) is 10.4. The molecular formula is C13H12BrNO. The minimum Gasteiger partial charge on any atom is -0.298 e. The Balaban J connectivity index is 1.97. The van der Waals surface area contributed by atoms with E-state index >= 15 is 0 Å². The van der Waals surface area contributed by atoms with Crippen LogP contribution in [-0.2, 0) is 11.2 Å². The number of hydrogen-bond acceptors (Lipinski definition) is 2. The van der Waals surface area contributed by atoms with Gasteiger partial charge in [0.1, 0.15) is 5.78 Å². The number of alkyl halides is 1. The maximum Gasteiger partial charge on any atom is 0.149 e. The van der Waals surface area contributed by atoms with Crippen molar-refractivity contribution in [2.75, 3.05) is 0 Å². The summed E-state index contributed by atoms with van der Waals surface area (Å²) in [6.45, 7) is 0. The lowest BCUT2D eigenvalue weighted by molar-refractivity contribution is -0.119. The molecule has 1 fully saturated rings. The zero-order chi connectivity index (χ0) is 11.5. The summed E-state index contributed by atoms with van der Waals surface area (Å²) in [5.41, 5.74) is 1.75. The SMILES string of the molecule is N#Cc1ccc(CC(Br)C(=O)C2CC2)cc1. The molecule has 82 valence electrons. The Labute approximate surface area is 103 Å². The third-order valence-electron chi connectivity index (χ3n) is 2.79. The largest absolute Gasteiger partial charge is 0.298 e. The van der Waals surface area contributed by atoms with E-state index in [1.807, 2.05) is 12.1 Å². The van der Waals surface area contributed by atoms with Crippen LogP contribution in [0.15, 0.2) is 24.3 Å². The van der Waals surface area contributed by atoms with E-state index in [4.69, 9.17) is 5.26 Å². The number of nitriles is 1. The minimum absolute atomic E-state index is 0.0760. The first-order valence-corrected chi connectivity index (χ1v) is 6.29. The summed E-state index contributed by atoms with van der Waals surface area (Å²) in [6.07, 6.45) is 2.81. The molecule has 1 aromatic carbocycles. The van der Waals surface area contributed by atoms with Crippen molar-refractivity contribution in [3.63, 3.8) is 0 Å². The molecule has 1 aliphatic rings. The Morgan fingerprint density at radius 1 is 1.44 bits per heavy atom. The van der Waals surface area contributed by atoms with Gasteiger partial charge in [0.15, 0.2) is 0 Å². The molecule has 0 amide bonds. The van der Waals surface area contributed by atoms with Crippen molar-refractivity contribution in [1.82, 2.24) is 0 Å². The molecule has 0 N–H and O–H groups in total. The van der Waals surface area contributed by atoms with Crippen LogP contribution in [0.3, 0.4) is 0 Å². The number of nitrogens with zero attached hydrogens (tertiary/aromatic N) is 1. The van der Waals surface area contributed by atoms with E-state index in [-0.39, 0.29) is 4.83 Å². The van der Waals surface area contributed by atoms with Crippen LogP contribution < -0.4 is 0 Å². The average molecular weight is 278 g/mol. The molecular weight excluding hydrogens is 266 g/mol. The summed E-state index contributed by atoms with van der Waals surface area (Å²) in [5, 5.41) is 8.67. The molecule has 1 saturated carbocycles. The molecule has 1 atom stereocenters. The van der Waals surface area contributed by atoms with Crippen molar-refractivity contribution >= 4 is 21.7 Å². The summed E-state index contributed by atoms with van der Waals surface area (Å²) >= 11 is 3.44. The van der Waals surface area contributed by atoms with E-state index in [1.54, 1.807) is 12.1 Å². The molecule has 16 heavy (non-hydrogen) atoms. The highest BCUT2D eigenvalue weighted by molar-refractivity contribution is 9.10. The van der Waals surface area contributed by atoms with Crippen LogP contribution in [0.1, 0.15) is 24.0 Å². The van der Waals surface area contributed by atoms with Crippen molar-refractivity contribution in [3.8, 4) is 6.07 Å². The molecule has 0 aromatic heterocycles. The van der Waals surface area contributed by atoms with E-state index < -0.39 is 0 Å². The molecule has 1 aliphatic carbocycles. The number of ketones is 1. The van der Waals surface area contributed by atoms with Gasteiger partial charge in [0, 0.05) is 5.92 Å². The summed E-state index contributed by atoms with van der Waals surface area (Å²) in [7, 11) is 0. The normalized spacial score (nSPS) is 16.5. The number of halogens is 1. The summed E-state index contributed by atoms with van der Waals surface area (Å²) in [6, 6.07) is 9.48. The molecule has 0 aliphatic heterocycles. The van der Waals surface area contributed by atoms with Crippen LogP contribution >= 0.6 is 15.9 Å². The van der Waals surface area contributed by atoms with Crippen molar-refractivity contribution in [2.24, 2.45) is 5.92 Å². The molecule has 0 radical (unpaired) electrons. The molecule has 0 heterocycles. The monoisotopic (exact) mass is 277 g/mol. The van der Waals surface area contributed by atoms with E-state index in [2.05, 4.69) is 22.0 Å². The fraction of sp³-hybridized carbons (Fsp3) is 0.385. The van der Waals surface area contributed by atoms with Gasteiger partial charge >= 0.3 is 0 Å². The first kappa shape index (κ1) is 11.3. The second-order valence-electron chi connectivity index (χ2n) is 4.16. The standard InChI is InChI=1S/C13H12BrNO/c14-12(13(16)11-5-6-11)7-9-1-3-10(8-15)4-2-9/h1-4,11-12H,5-7H2. The second kappa shape index (κ2) is 4.80. The van der Waals surface area contributed by atoms with Gasteiger partial charge in [-0.05, 0) is 37.0 Å². The highest BCUT2D eigenvalue weighted by Crippen LogP contribution is 2.33. The van der Waals surface area contributed by atoms with Gasteiger partial charge in [-0.1, -0.05) is 28.1 Å². The van der Waals surface area contributed by atoms with Crippen LogP contribution in [-0.4, -0.2) is 10.6 Å². The van der Waals surface area contributed by atoms with Gasteiger partial charge in [0.25, 0.3) is 0 Å². The van der Waals surface area contributed by atoms with Gasteiger partial charge in [-0.2, -0.15) is 5.26 Å². The van der Waals surface area contributed by atoms with Gasteiger partial charge in [0.2, 0.25) is 0 Å². The number of carbonyl (C=O) groups excluding carboxylic acids is 1.